The molecule has 0 saturated heterocycles. The van der Waals surface area contributed by atoms with E-state index in [1.165, 1.54) is 11.1 Å². The number of hydrogen-bond acceptors (Lipinski definition) is 1. The van der Waals surface area contributed by atoms with E-state index in [0.29, 0.717) is 5.92 Å². The molecule has 1 rings (SSSR count). The summed E-state index contributed by atoms with van der Waals surface area (Å²) >= 11 is 0. The van der Waals surface area contributed by atoms with E-state index >= 15 is 0 Å². The Bertz CT molecular complexity index is 273. The second-order valence-corrected chi connectivity index (χ2v) is 11.5. The molecule has 0 saturated carbocycles. The van der Waals surface area contributed by atoms with Crippen molar-refractivity contribution in [3.05, 3.63) is 23.8 Å². The van der Waals surface area contributed by atoms with E-state index in [2.05, 4.69) is 39.2 Å². The standard InChI is InChI=1S/C13H24OSi/c1-10(2)11-6-7-12(13(14)8-11)9-15(3,4)5/h7,11,13-14H,1,6,8-9H2,2-5H3. The summed E-state index contributed by atoms with van der Waals surface area (Å²) in [5, 5.41) is 10.1. The highest BCUT2D eigenvalue weighted by atomic mass is 28.3. The lowest BCUT2D eigenvalue weighted by Gasteiger charge is -2.30. The predicted octanol–water partition coefficient (Wildman–Crippen LogP) is 3.60. The van der Waals surface area contributed by atoms with Gasteiger partial charge < -0.3 is 5.11 Å². The van der Waals surface area contributed by atoms with Crippen LogP contribution in [0.5, 0.6) is 0 Å². The minimum absolute atomic E-state index is 0.216. The highest BCUT2D eigenvalue weighted by Gasteiger charge is 2.26. The van der Waals surface area contributed by atoms with Crippen LogP contribution in [-0.4, -0.2) is 19.3 Å². The van der Waals surface area contributed by atoms with Crippen LogP contribution in [0.15, 0.2) is 23.8 Å². The topological polar surface area (TPSA) is 20.2 Å². The van der Waals surface area contributed by atoms with Gasteiger partial charge in [-0.1, -0.05) is 37.9 Å². The molecule has 0 radical (unpaired) electrons. The Kier molecular flexibility index (Phi) is 3.96. The molecule has 0 bridgehead atoms. The molecule has 86 valence electrons. The van der Waals surface area contributed by atoms with Crippen molar-refractivity contribution >= 4 is 8.07 Å². The molecule has 0 spiro atoms. The Morgan fingerprint density at radius 2 is 2.13 bits per heavy atom. The summed E-state index contributed by atoms with van der Waals surface area (Å²) < 4.78 is 0. The van der Waals surface area contributed by atoms with Crippen molar-refractivity contribution in [2.75, 3.05) is 0 Å². The first kappa shape index (κ1) is 12.7. The third kappa shape index (κ3) is 3.96. The van der Waals surface area contributed by atoms with Gasteiger partial charge in [0.25, 0.3) is 0 Å². The lowest BCUT2D eigenvalue weighted by atomic mass is 9.84. The van der Waals surface area contributed by atoms with Crippen molar-refractivity contribution in [2.24, 2.45) is 5.92 Å². The summed E-state index contributed by atoms with van der Waals surface area (Å²) in [5.74, 6) is 0.491. The summed E-state index contributed by atoms with van der Waals surface area (Å²) in [4.78, 5) is 0. The van der Waals surface area contributed by atoms with E-state index in [9.17, 15) is 5.11 Å². The van der Waals surface area contributed by atoms with Crippen molar-refractivity contribution < 1.29 is 5.11 Å². The van der Waals surface area contributed by atoms with Crippen LogP contribution in [0.4, 0.5) is 0 Å². The van der Waals surface area contributed by atoms with Gasteiger partial charge in [-0.2, -0.15) is 0 Å². The fraction of sp³-hybridized carbons (Fsp3) is 0.692. The average Bonchev–Trinajstić information content (AvgIpc) is 2.05. The monoisotopic (exact) mass is 224 g/mol. The summed E-state index contributed by atoms with van der Waals surface area (Å²) in [5.41, 5.74) is 2.49. The van der Waals surface area contributed by atoms with Crippen LogP contribution >= 0.6 is 0 Å². The molecule has 2 unspecified atom stereocenters. The van der Waals surface area contributed by atoms with Crippen LogP contribution in [0, 0.1) is 5.92 Å². The van der Waals surface area contributed by atoms with Crippen LogP contribution in [-0.2, 0) is 0 Å². The van der Waals surface area contributed by atoms with Crippen molar-refractivity contribution in [1.29, 1.82) is 0 Å². The Balaban J connectivity index is 2.66. The molecule has 0 aliphatic heterocycles. The van der Waals surface area contributed by atoms with Gasteiger partial charge in [0.2, 0.25) is 0 Å². The molecule has 1 nitrogen and oxygen atoms in total. The molecule has 2 atom stereocenters. The normalized spacial score (nSPS) is 27.4. The van der Waals surface area contributed by atoms with Crippen molar-refractivity contribution in [3.63, 3.8) is 0 Å². The summed E-state index contributed by atoms with van der Waals surface area (Å²) in [6.45, 7) is 13.1. The molecule has 0 fully saturated rings. The van der Waals surface area contributed by atoms with E-state index < -0.39 is 8.07 Å². The molecule has 2 heteroatoms. The minimum atomic E-state index is -1.09. The largest absolute Gasteiger partial charge is 0.389 e. The zero-order valence-electron chi connectivity index (χ0n) is 10.5. The van der Waals surface area contributed by atoms with Crippen LogP contribution in [0.1, 0.15) is 19.8 Å². The Morgan fingerprint density at radius 3 is 2.53 bits per heavy atom. The van der Waals surface area contributed by atoms with Gasteiger partial charge >= 0.3 is 0 Å². The maximum atomic E-state index is 10.1. The van der Waals surface area contributed by atoms with Crippen LogP contribution < -0.4 is 0 Å². The smallest absolute Gasteiger partial charge is 0.0753 e. The van der Waals surface area contributed by atoms with Crippen molar-refractivity contribution in [1.82, 2.24) is 0 Å². The number of hydrogen-bond donors (Lipinski definition) is 1. The van der Waals surface area contributed by atoms with E-state index in [-0.39, 0.29) is 6.10 Å². The highest BCUT2D eigenvalue weighted by Crippen LogP contribution is 2.32. The van der Waals surface area contributed by atoms with Crippen LogP contribution in [0.25, 0.3) is 0 Å². The third-order valence-electron chi connectivity index (χ3n) is 3.03. The van der Waals surface area contributed by atoms with Crippen molar-refractivity contribution in [3.8, 4) is 0 Å². The predicted molar refractivity (Wildman–Crippen MR) is 69.8 cm³/mol. The molecule has 0 aromatic rings. The minimum Gasteiger partial charge on any atom is -0.389 e. The summed E-state index contributed by atoms with van der Waals surface area (Å²) in [6.07, 6.45) is 4.00. The zero-order chi connectivity index (χ0) is 11.6. The number of allylic oxidation sites excluding steroid dienone is 2. The van der Waals surface area contributed by atoms with E-state index in [4.69, 9.17) is 0 Å². The molecule has 1 aliphatic rings. The number of aliphatic hydroxyl groups excluding tert-OH is 1. The van der Waals surface area contributed by atoms with Gasteiger partial charge in [0.05, 0.1) is 6.10 Å². The van der Waals surface area contributed by atoms with Gasteiger partial charge in [0.15, 0.2) is 0 Å². The lowest BCUT2D eigenvalue weighted by molar-refractivity contribution is 0.174. The fourth-order valence-corrected chi connectivity index (χ4v) is 3.76. The maximum absolute atomic E-state index is 10.1. The summed E-state index contributed by atoms with van der Waals surface area (Å²) in [6, 6.07) is 1.14. The van der Waals surface area contributed by atoms with Gasteiger partial charge in [-0.25, -0.2) is 0 Å². The van der Waals surface area contributed by atoms with Gasteiger partial charge in [-0.15, -0.1) is 0 Å². The molecular formula is C13H24OSi. The van der Waals surface area contributed by atoms with Gasteiger partial charge in [0.1, 0.15) is 0 Å². The van der Waals surface area contributed by atoms with E-state index in [0.717, 1.165) is 18.9 Å². The zero-order valence-corrected chi connectivity index (χ0v) is 11.5. The fourth-order valence-electron chi connectivity index (χ4n) is 2.15. The average molecular weight is 224 g/mol. The Hall–Kier alpha value is -0.343. The second-order valence-electron chi connectivity index (χ2n) is 6.05. The Morgan fingerprint density at radius 1 is 1.53 bits per heavy atom. The van der Waals surface area contributed by atoms with E-state index in [1.807, 2.05) is 0 Å². The molecule has 1 N–H and O–H groups in total. The van der Waals surface area contributed by atoms with E-state index in [1.54, 1.807) is 0 Å². The SMILES string of the molecule is C=C(C)C1CC=C(C[Si](C)(C)C)C(O)C1. The lowest BCUT2D eigenvalue weighted by Crippen LogP contribution is -2.28. The van der Waals surface area contributed by atoms with Gasteiger partial charge in [-0.05, 0) is 37.3 Å². The first-order valence-electron chi connectivity index (χ1n) is 5.82. The molecule has 0 amide bonds. The molecule has 0 aromatic carbocycles. The molecule has 0 heterocycles. The van der Waals surface area contributed by atoms with Crippen molar-refractivity contribution in [2.45, 2.75) is 51.6 Å². The number of aliphatic hydroxyl groups is 1. The Labute approximate surface area is 94.9 Å². The molecule has 15 heavy (non-hydrogen) atoms. The quantitative estimate of drug-likeness (QED) is 0.574. The number of rotatable bonds is 3. The van der Waals surface area contributed by atoms with Crippen LogP contribution in [0.2, 0.25) is 25.7 Å². The molecule has 1 aliphatic carbocycles. The molecule has 0 aromatic heterocycles. The first-order chi connectivity index (χ1) is 6.79. The summed E-state index contributed by atoms with van der Waals surface area (Å²) in [7, 11) is -1.09. The van der Waals surface area contributed by atoms with Gasteiger partial charge in [-0.3, -0.25) is 0 Å². The molecular weight excluding hydrogens is 200 g/mol. The van der Waals surface area contributed by atoms with Gasteiger partial charge in [0, 0.05) is 8.07 Å². The second kappa shape index (κ2) is 4.66. The maximum Gasteiger partial charge on any atom is 0.0753 e. The third-order valence-corrected chi connectivity index (χ3v) is 4.50. The first-order valence-corrected chi connectivity index (χ1v) is 9.52. The van der Waals surface area contributed by atoms with Crippen LogP contribution in [0.3, 0.4) is 0 Å². The highest BCUT2D eigenvalue weighted by molar-refractivity contribution is 6.76.